The van der Waals surface area contributed by atoms with Gasteiger partial charge >= 0.3 is 0 Å². The van der Waals surface area contributed by atoms with Gasteiger partial charge in [-0.2, -0.15) is 0 Å². The van der Waals surface area contributed by atoms with E-state index in [-0.39, 0.29) is 12.3 Å². The SMILES string of the molecule is CN(C)c1ccc2ccc(OCC3CCC(n4ccc5c(N)ncnc54)O3)cc2n1. The third-order valence-corrected chi connectivity index (χ3v) is 5.48. The normalized spacial score (nSPS) is 18.9. The van der Waals surface area contributed by atoms with Crippen LogP contribution in [-0.4, -0.2) is 46.3 Å². The molecule has 30 heavy (non-hydrogen) atoms. The van der Waals surface area contributed by atoms with Crippen LogP contribution in [0.2, 0.25) is 0 Å². The average molecular weight is 404 g/mol. The summed E-state index contributed by atoms with van der Waals surface area (Å²) >= 11 is 0. The van der Waals surface area contributed by atoms with Crippen molar-refractivity contribution in [3.63, 3.8) is 0 Å². The van der Waals surface area contributed by atoms with Crippen LogP contribution in [0, 0.1) is 0 Å². The summed E-state index contributed by atoms with van der Waals surface area (Å²) in [7, 11) is 3.97. The Kier molecular flexibility index (Phi) is 4.63. The Labute approximate surface area is 174 Å². The maximum Gasteiger partial charge on any atom is 0.147 e. The van der Waals surface area contributed by atoms with Gasteiger partial charge in [0.05, 0.1) is 17.0 Å². The molecular formula is C22H24N6O2. The van der Waals surface area contributed by atoms with Gasteiger partial charge in [-0.1, -0.05) is 0 Å². The Hall–Kier alpha value is -3.39. The molecule has 4 aromatic rings. The fourth-order valence-corrected chi connectivity index (χ4v) is 3.85. The Morgan fingerprint density at radius 1 is 1.17 bits per heavy atom. The molecule has 3 aromatic heterocycles. The predicted octanol–water partition coefficient (Wildman–Crippen LogP) is 3.38. The van der Waals surface area contributed by atoms with E-state index >= 15 is 0 Å². The first-order chi connectivity index (χ1) is 14.6. The second kappa shape index (κ2) is 7.46. The molecule has 0 amide bonds. The second-order valence-corrected chi connectivity index (χ2v) is 7.74. The maximum absolute atomic E-state index is 6.23. The van der Waals surface area contributed by atoms with Crippen LogP contribution >= 0.6 is 0 Å². The van der Waals surface area contributed by atoms with Crippen molar-refractivity contribution in [1.29, 1.82) is 0 Å². The first-order valence-electron chi connectivity index (χ1n) is 10.0. The molecule has 0 aliphatic carbocycles. The van der Waals surface area contributed by atoms with Crippen LogP contribution in [0.3, 0.4) is 0 Å². The molecule has 0 spiro atoms. The summed E-state index contributed by atoms with van der Waals surface area (Å²) in [5, 5.41) is 1.94. The number of aromatic nitrogens is 4. The highest BCUT2D eigenvalue weighted by atomic mass is 16.6. The number of pyridine rings is 1. The molecule has 1 aliphatic rings. The van der Waals surface area contributed by atoms with Crippen LogP contribution < -0.4 is 15.4 Å². The Balaban J connectivity index is 1.26. The predicted molar refractivity (Wildman–Crippen MR) is 117 cm³/mol. The summed E-state index contributed by atoms with van der Waals surface area (Å²) in [4.78, 5) is 15.1. The largest absolute Gasteiger partial charge is 0.491 e. The van der Waals surface area contributed by atoms with Crippen molar-refractivity contribution in [3.8, 4) is 5.75 Å². The van der Waals surface area contributed by atoms with Gasteiger partial charge in [-0.15, -0.1) is 0 Å². The number of fused-ring (bicyclic) bond motifs is 2. The minimum Gasteiger partial charge on any atom is -0.491 e. The Morgan fingerprint density at radius 3 is 2.90 bits per heavy atom. The maximum atomic E-state index is 6.23. The van der Waals surface area contributed by atoms with Crippen molar-refractivity contribution in [2.75, 3.05) is 31.3 Å². The summed E-state index contributed by atoms with van der Waals surface area (Å²) in [5.74, 6) is 2.20. The molecule has 2 N–H and O–H groups in total. The van der Waals surface area contributed by atoms with Crippen LogP contribution in [0.5, 0.6) is 5.75 Å². The highest BCUT2D eigenvalue weighted by molar-refractivity contribution is 5.86. The van der Waals surface area contributed by atoms with Gasteiger partial charge in [0.1, 0.15) is 42.2 Å². The number of nitrogens with zero attached hydrogens (tertiary/aromatic N) is 5. The fraction of sp³-hybridized carbons (Fsp3) is 0.318. The molecule has 0 bridgehead atoms. The van der Waals surface area contributed by atoms with Crippen molar-refractivity contribution < 1.29 is 9.47 Å². The van der Waals surface area contributed by atoms with E-state index in [0.717, 1.165) is 46.3 Å². The third-order valence-electron chi connectivity index (χ3n) is 5.48. The van der Waals surface area contributed by atoms with Crippen LogP contribution in [0.25, 0.3) is 21.9 Å². The number of rotatable bonds is 5. The number of benzene rings is 1. The first kappa shape index (κ1) is 18.6. The average Bonchev–Trinajstić information content (AvgIpc) is 3.39. The van der Waals surface area contributed by atoms with Gasteiger partial charge < -0.3 is 24.7 Å². The van der Waals surface area contributed by atoms with E-state index in [1.165, 1.54) is 6.33 Å². The van der Waals surface area contributed by atoms with Crippen molar-refractivity contribution in [1.82, 2.24) is 19.5 Å². The summed E-state index contributed by atoms with van der Waals surface area (Å²) in [6, 6.07) is 12.0. The van der Waals surface area contributed by atoms with Crippen LogP contribution in [0.1, 0.15) is 19.1 Å². The molecule has 1 aromatic carbocycles. The molecular weight excluding hydrogens is 380 g/mol. The summed E-state index contributed by atoms with van der Waals surface area (Å²) in [6.45, 7) is 0.492. The summed E-state index contributed by atoms with van der Waals surface area (Å²) in [5.41, 5.74) is 7.65. The molecule has 154 valence electrons. The number of hydrogen-bond acceptors (Lipinski definition) is 7. The van der Waals surface area contributed by atoms with Crippen molar-refractivity contribution >= 4 is 33.6 Å². The number of hydrogen-bond donors (Lipinski definition) is 1. The molecule has 8 nitrogen and oxygen atoms in total. The molecule has 5 rings (SSSR count). The fourth-order valence-electron chi connectivity index (χ4n) is 3.85. The number of ether oxygens (including phenoxy) is 2. The lowest BCUT2D eigenvalue weighted by Gasteiger charge is -2.17. The van der Waals surface area contributed by atoms with Crippen LogP contribution in [-0.2, 0) is 4.74 Å². The van der Waals surface area contributed by atoms with Crippen molar-refractivity contribution in [2.45, 2.75) is 25.2 Å². The summed E-state index contributed by atoms with van der Waals surface area (Å²) < 4.78 is 14.3. The zero-order valence-electron chi connectivity index (χ0n) is 17.0. The molecule has 4 heterocycles. The van der Waals surface area contributed by atoms with E-state index in [2.05, 4.69) is 21.0 Å². The number of nitrogens with two attached hydrogens (primary N) is 1. The van der Waals surface area contributed by atoms with E-state index in [9.17, 15) is 0 Å². The van der Waals surface area contributed by atoms with Gasteiger partial charge in [-0.25, -0.2) is 15.0 Å². The monoisotopic (exact) mass is 404 g/mol. The van der Waals surface area contributed by atoms with Gasteiger partial charge in [-0.05, 0) is 43.2 Å². The topological polar surface area (TPSA) is 91.3 Å². The molecule has 2 atom stereocenters. The second-order valence-electron chi connectivity index (χ2n) is 7.74. The molecule has 1 saturated heterocycles. The van der Waals surface area contributed by atoms with Gasteiger partial charge in [0, 0.05) is 31.7 Å². The Morgan fingerprint density at radius 2 is 2.03 bits per heavy atom. The van der Waals surface area contributed by atoms with E-state index in [1.54, 1.807) is 0 Å². The zero-order valence-corrected chi connectivity index (χ0v) is 17.0. The lowest BCUT2D eigenvalue weighted by molar-refractivity contribution is -0.0156. The van der Waals surface area contributed by atoms with E-state index in [1.807, 2.05) is 60.1 Å². The minimum atomic E-state index is -0.0775. The lowest BCUT2D eigenvalue weighted by atomic mass is 10.2. The quantitative estimate of drug-likeness (QED) is 0.545. The lowest BCUT2D eigenvalue weighted by Crippen LogP contribution is -2.18. The van der Waals surface area contributed by atoms with Crippen molar-refractivity contribution in [2.24, 2.45) is 0 Å². The van der Waals surface area contributed by atoms with Gasteiger partial charge in [-0.3, -0.25) is 0 Å². The third kappa shape index (κ3) is 3.39. The van der Waals surface area contributed by atoms with Crippen LogP contribution in [0.4, 0.5) is 11.6 Å². The molecule has 1 fully saturated rings. The van der Waals surface area contributed by atoms with Crippen LogP contribution in [0.15, 0.2) is 48.9 Å². The zero-order chi connectivity index (χ0) is 20.7. The highest BCUT2D eigenvalue weighted by Gasteiger charge is 2.28. The molecule has 8 heteroatoms. The van der Waals surface area contributed by atoms with E-state index in [0.29, 0.717) is 12.4 Å². The van der Waals surface area contributed by atoms with E-state index < -0.39 is 0 Å². The molecule has 2 unspecified atom stereocenters. The highest BCUT2D eigenvalue weighted by Crippen LogP contribution is 2.32. The number of nitrogen functional groups attached to an aromatic ring is 1. The van der Waals surface area contributed by atoms with Gasteiger partial charge in [0.15, 0.2) is 0 Å². The van der Waals surface area contributed by atoms with E-state index in [4.69, 9.17) is 15.2 Å². The minimum absolute atomic E-state index is 0.0170. The molecule has 1 aliphatic heterocycles. The van der Waals surface area contributed by atoms with Gasteiger partial charge in [0.25, 0.3) is 0 Å². The summed E-state index contributed by atoms with van der Waals surface area (Å²) in [6.07, 6.45) is 5.20. The standard InChI is InChI=1S/C22H24N6O2/c1-27(2)19-7-4-14-3-5-15(11-18(14)26-19)29-12-16-6-8-20(30-16)28-10-9-17-21(23)24-13-25-22(17)28/h3-5,7,9-11,13,16,20H,6,8,12H2,1-2H3,(H2,23,24,25). The molecule has 0 radical (unpaired) electrons. The van der Waals surface area contributed by atoms with Crippen molar-refractivity contribution in [3.05, 3.63) is 48.9 Å². The Bertz CT molecular complexity index is 1200. The first-order valence-corrected chi connectivity index (χ1v) is 10.0. The van der Waals surface area contributed by atoms with Gasteiger partial charge in [0.2, 0.25) is 0 Å². The smallest absolute Gasteiger partial charge is 0.147 e. The number of anilines is 2. The molecule has 0 saturated carbocycles.